The number of para-hydroxylation sites is 1. The summed E-state index contributed by atoms with van der Waals surface area (Å²) in [5.74, 6) is 0.871. The molecule has 0 aliphatic carbocycles. The minimum atomic E-state index is -0.468. The Labute approximate surface area is 161 Å². The molecular weight excluding hydrogens is 360 g/mol. The van der Waals surface area contributed by atoms with Gasteiger partial charge in [0, 0.05) is 16.8 Å². The lowest BCUT2D eigenvalue weighted by Gasteiger charge is -2.23. The van der Waals surface area contributed by atoms with Gasteiger partial charge in [-0.3, -0.25) is 14.3 Å². The van der Waals surface area contributed by atoms with E-state index in [1.807, 2.05) is 55.5 Å². The minimum absolute atomic E-state index is 0.0988. The number of anilines is 1. The number of nitrogens with zero attached hydrogens (tertiary/aromatic N) is 3. The fraction of sp³-hybridized carbons (Fsp3) is 0.250. The number of fused-ring (bicyclic) bond motifs is 1. The summed E-state index contributed by atoms with van der Waals surface area (Å²) in [5, 5.41) is 8.24. The molecule has 1 fully saturated rings. The number of thioether (sulfide) groups is 1. The Balaban J connectivity index is 1.47. The second-order valence-electron chi connectivity index (χ2n) is 6.60. The van der Waals surface area contributed by atoms with Crippen LogP contribution in [0.1, 0.15) is 5.56 Å². The van der Waals surface area contributed by atoms with Crippen LogP contribution in [0.3, 0.4) is 0 Å². The van der Waals surface area contributed by atoms with Gasteiger partial charge < -0.3 is 10.2 Å². The Hall–Kier alpha value is -2.80. The van der Waals surface area contributed by atoms with Gasteiger partial charge in [-0.25, -0.2) is 0 Å². The molecule has 7 heteroatoms. The second kappa shape index (κ2) is 7.44. The fourth-order valence-electron chi connectivity index (χ4n) is 3.22. The van der Waals surface area contributed by atoms with Crippen molar-refractivity contribution in [1.29, 1.82) is 0 Å². The van der Waals surface area contributed by atoms with Crippen LogP contribution in [0.25, 0.3) is 10.9 Å². The summed E-state index contributed by atoms with van der Waals surface area (Å²) in [4.78, 5) is 27.2. The van der Waals surface area contributed by atoms with Crippen molar-refractivity contribution in [2.24, 2.45) is 0 Å². The van der Waals surface area contributed by atoms with Crippen molar-refractivity contribution in [3.63, 3.8) is 0 Å². The van der Waals surface area contributed by atoms with Gasteiger partial charge in [-0.15, -0.1) is 11.8 Å². The number of carbonyl (C=O) groups is 2. The summed E-state index contributed by atoms with van der Waals surface area (Å²) in [6.45, 7) is 2.10. The van der Waals surface area contributed by atoms with E-state index in [-0.39, 0.29) is 18.4 Å². The van der Waals surface area contributed by atoms with Crippen LogP contribution in [0.2, 0.25) is 0 Å². The van der Waals surface area contributed by atoms with Gasteiger partial charge in [-0.2, -0.15) is 5.10 Å². The monoisotopic (exact) mass is 380 g/mol. The number of aryl methyl sites for hydroxylation is 1. The third-order valence-electron chi connectivity index (χ3n) is 4.63. The zero-order valence-corrected chi connectivity index (χ0v) is 15.8. The maximum Gasteiger partial charge on any atom is 0.248 e. The fourth-order valence-corrected chi connectivity index (χ4v) is 4.41. The van der Waals surface area contributed by atoms with Gasteiger partial charge in [0.05, 0.1) is 17.6 Å². The molecule has 1 N–H and O–H groups in total. The van der Waals surface area contributed by atoms with E-state index in [0.717, 1.165) is 22.2 Å². The molecule has 1 aliphatic rings. The molecule has 0 spiro atoms. The number of nitrogens with one attached hydrogen (secondary N) is 1. The van der Waals surface area contributed by atoms with Crippen LogP contribution in [0.15, 0.2) is 54.7 Å². The molecule has 0 bridgehead atoms. The van der Waals surface area contributed by atoms with Crippen LogP contribution in [-0.4, -0.2) is 44.2 Å². The number of hydrogen-bond acceptors (Lipinski definition) is 4. The molecule has 27 heavy (non-hydrogen) atoms. The van der Waals surface area contributed by atoms with Crippen molar-refractivity contribution in [2.75, 3.05) is 16.9 Å². The Morgan fingerprint density at radius 3 is 2.93 bits per heavy atom. The molecule has 2 heterocycles. The van der Waals surface area contributed by atoms with Crippen LogP contribution < -0.4 is 5.32 Å². The first-order valence-electron chi connectivity index (χ1n) is 8.77. The van der Waals surface area contributed by atoms with Gasteiger partial charge in [-0.05, 0) is 30.7 Å². The van der Waals surface area contributed by atoms with E-state index < -0.39 is 6.04 Å². The second-order valence-corrected chi connectivity index (χ2v) is 7.60. The predicted octanol–water partition coefficient (Wildman–Crippen LogP) is 2.88. The molecule has 6 nitrogen and oxygen atoms in total. The molecule has 3 aromatic rings. The molecule has 0 saturated carbocycles. The predicted molar refractivity (Wildman–Crippen MR) is 108 cm³/mol. The number of rotatable bonds is 4. The maximum absolute atomic E-state index is 12.8. The lowest BCUT2D eigenvalue weighted by molar-refractivity contribution is -0.136. The molecule has 138 valence electrons. The van der Waals surface area contributed by atoms with Crippen LogP contribution in [0.5, 0.6) is 0 Å². The summed E-state index contributed by atoms with van der Waals surface area (Å²) in [6.07, 6.45) is 1.75. The van der Waals surface area contributed by atoms with E-state index in [1.165, 1.54) is 0 Å². The quantitative estimate of drug-likeness (QED) is 0.756. The Kier molecular flexibility index (Phi) is 4.85. The lowest BCUT2D eigenvalue weighted by Crippen LogP contribution is -2.45. The molecule has 2 amide bonds. The molecule has 1 saturated heterocycles. The SMILES string of the molecule is Cc1cccc(NC(=O)C2CSCN2C(=O)Cn2ncc3ccccc32)c1. The minimum Gasteiger partial charge on any atom is -0.324 e. The third kappa shape index (κ3) is 3.68. The Bertz CT molecular complexity index is 1000. The molecule has 1 aliphatic heterocycles. The molecule has 0 radical (unpaired) electrons. The number of carbonyl (C=O) groups excluding carboxylic acids is 2. The van der Waals surface area contributed by atoms with Crippen LogP contribution in [0, 0.1) is 6.92 Å². The van der Waals surface area contributed by atoms with E-state index in [0.29, 0.717) is 11.6 Å². The topological polar surface area (TPSA) is 67.2 Å². The average Bonchev–Trinajstić information content (AvgIpc) is 3.29. The van der Waals surface area contributed by atoms with E-state index in [1.54, 1.807) is 27.5 Å². The van der Waals surface area contributed by atoms with Crippen molar-refractivity contribution in [3.8, 4) is 0 Å². The Morgan fingerprint density at radius 1 is 1.22 bits per heavy atom. The van der Waals surface area contributed by atoms with E-state index in [2.05, 4.69) is 10.4 Å². The van der Waals surface area contributed by atoms with E-state index in [4.69, 9.17) is 0 Å². The highest BCUT2D eigenvalue weighted by molar-refractivity contribution is 7.99. The van der Waals surface area contributed by atoms with E-state index in [9.17, 15) is 9.59 Å². The van der Waals surface area contributed by atoms with Gasteiger partial charge in [0.25, 0.3) is 0 Å². The van der Waals surface area contributed by atoms with Crippen molar-refractivity contribution in [2.45, 2.75) is 19.5 Å². The van der Waals surface area contributed by atoms with Gasteiger partial charge in [0.2, 0.25) is 11.8 Å². The first kappa shape index (κ1) is 17.6. The summed E-state index contributed by atoms with van der Waals surface area (Å²) >= 11 is 1.59. The zero-order chi connectivity index (χ0) is 18.8. The number of aromatic nitrogens is 2. The van der Waals surface area contributed by atoms with Gasteiger partial charge in [-0.1, -0.05) is 30.3 Å². The van der Waals surface area contributed by atoms with Gasteiger partial charge in [0.1, 0.15) is 12.6 Å². The average molecular weight is 380 g/mol. The summed E-state index contributed by atoms with van der Waals surface area (Å²) < 4.78 is 1.69. The first-order valence-corrected chi connectivity index (χ1v) is 9.92. The standard InChI is InChI=1S/C20H20N4O2S/c1-14-5-4-7-16(9-14)22-20(26)18-12-27-13-23(18)19(25)11-24-17-8-3-2-6-15(17)10-21-24/h2-10,18H,11-13H2,1H3,(H,22,26). The van der Waals surface area contributed by atoms with E-state index >= 15 is 0 Å². The lowest BCUT2D eigenvalue weighted by atomic mass is 10.2. The first-order chi connectivity index (χ1) is 13.1. The number of hydrogen-bond donors (Lipinski definition) is 1. The van der Waals surface area contributed by atoms with Crippen molar-refractivity contribution >= 4 is 40.2 Å². The third-order valence-corrected chi connectivity index (χ3v) is 5.64. The molecule has 1 aromatic heterocycles. The largest absolute Gasteiger partial charge is 0.324 e. The summed E-state index contributed by atoms with van der Waals surface area (Å²) in [7, 11) is 0. The number of benzene rings is 2. The van der Waals surface area contributed by atoms with Crippen molar-refractivity contribution in [1.82, 2.24) is 14.7 Å². The summed E-state index contributed by atoms with van der Waals surface area (Å²) in [5.41, 5.74) is 2.74. The van der Waals surface area contributed by atoms with Crippen LogP contribution in [0.4, 0.5) is 5.69 Å². The molecule has 1 atom stereocenters. The van der Waals surface area contributed by atoms with Crippen molar-refractivity contribution in [3.05, 3.63) is 60.3 Å². The van der Waals surface area contributed by atoms with Gasteiger partial charge in [0.15, 0.2) is 0 Å². The smallest absolute Gasteiger partial charge is 0.248 e. The normalized spacial score (nSPS) is 16.6. The zero-order valence-electron chi connectivity index (χ0n) is 15.0. The highest BCUT2D eigenvalue weighted by atomic mass is 32.2. The van der Waals surface area contributed by atoms with Gasteiger partial charge >= 0.3 is 0 Å². The molecule has 2 aromatic carbocycles. The molecule has 4 rings (SSSR count). The highest BCUT2D eigenvalue weighted by Crippen LogP contribution is 2.23. The van der Waals surface area contributed by atoms with Crippen molar-refractivity contribution < 1.29 is 9.59 Å². The Morgan fingerprint density at radius 2 is 2.07 bits per heavy atom. The molecular formula is C20H20N4O2S. The van der Waals surface area contributed by atoms with Crippen LogP contribution >= 0.6 is 11.8 Å². The summed E-state index contributed by atoms with van der Waals surface area (Å²) in [6, 6.07) is 15.0. The highest BCUT2D eigenvalue weighted by Gasteiger charge is 2.34. The molecule has 1 unspecified atom stereocenters. The number of amides is 2. The maximum atomic E-state index is 12.8. The van der Waals surface area contributed by atoms with Crippen LogP contribution in [-0.2, 0) is 16.1 Å².